The Kier molecular flexibility index (Phi) is 5.81. The molecule has 4 atom stereocenters. The molecule has 0 spiro atoms. The Morgan fingerprint density at radius 1 is 1.19 bits per heavy atom. The maximum Gasteiger partial charge on any atom is 0.308 e. The number of imide groups is 1. The van der Waals surface area contributed by atoms with E-state index in [4.69, 9.17) is 9.47 Å². The molecule has 11 heteroatoms. The van der Waals surface area contributed by atoms with E-state index < -0.39 is 23.4 Å². The number of carbonyl (C=O) groups is 4. The van der Waals surface area contributed by atoms with Gasteiger partial charge in [-0.05, 0) is 37.2 Å². The van der Waals surface area contributed by atoms with Crippen molar-refractivity contribution in [1.29, 1.82) is 0 Å². The maximum absolute atomic E-state index is 12.6. The second-order valence-electron chi connectivity index (χ2n) is 8.31. The molecule has 1 heterocycles. The minimum Gasteiger partial charge on any atom is -0.497 e. The number of nitrogens with zero attached hydrogens (tertiary/aromatic N) is 2. The van der Waals surface area contributed by atoms with E-state index in [-0.39, 0.29) is 59.8 Å². The Hall–Kier alpha value is -3.50. The second-order valence-corrected chi connectivity index (χ2v) is 8.31. The summed E-state index contributed by atoms with van der Waals surface area (Å²) in [6.45, 7) is -0.740. The fourth-order valence-electron chi connectivity index (χ4n) is 5.20. The number of methoxy groups -OCH3 is 1. The smallest absolute Gasteiger partial charge is 0.308 e. The summed E-state index contributed by atoms with van der Waals surface area (Å²) >= 11 is 0. The van der Waals surface area contributed by atoms with Crippen LogP contribution in [0.1, 0.15) is 25.7 Å². The Bertz CT molecular complexity index is 965. The average Bonchev–Trinajstić information content (AvgIpc) is 3.44. The van der Waals surface area contributed by atoms with Crippen LogP contribution in [0.3, 0.4) is 0 Å². The summed E-state index contributed by atoms with van der Waals surface area (Å²) in [5.74, 6) is -1.59. The van der Waals surface area contributed by atoms with Crippen molar-refractivity contribution < 1.29 is 33.6 Å². The third-order valence-corrected chi connectivity index (χ3v) is 6.60. The van der Waals surface area contributed by atoms with Gasteiger partial charge in [0.15, 0.2) is 6.61 Å². The summed E-state index contributed by atoms with van der Waals surface area (Å²) in [6.07, 6.45) is 2.66. The molecule has 1 aromatic carbocycles. The normalized spacial score (nSPS) is 25.6. The molecule has 170 valence electrons. The number of hydrogen-bond acceptors (Lipinski definition) is 8. The molecule has 32 heavy (non-hydrogen) atoms. The maximum atomic E-state index is 12.6. The van der Waals surface area contributed by atoms with Gasteiger partial charge in [-0.15, -0.1) is 0 Å². The molecule has 2 bridgehead atoms. The fraction of sp³-hybridized carbons (Fsp3) is 0.524. The van der Waals surface area contributed by atoms with Crippen molar-refractivity contribution in [2.45, 2.75) is 25.7 Å². The predicted molar refractivity (Wildman–Crippen MR) is 108 cm³/mol. The van der Waals surface area contributed by atoms with Crippen molar-refractivity contribution in [1.82, 2.24) is 4.90 Å². The highest BCUT2D eigenvalue weighted by Crippen LogP contribution is 2.56. The highest BCUT2D eigenvalue weighted by Gasteiger charge is 2.60. The van der Waals surface area contributed by atoms with E-state index in [0.717, 1.165) is 24.2 Å². The molecule has 3 fully saturated rings. The van der Waals surface area contributed by atoms with Crippen LogP contribution in [0.2, 0.25) is 0 Å². The predicted octanol–water partition coefficient (Wildman–Crippen LogP) is 1.51. The SMILES string of the molecule is COc1ccc([N+](=O)[O-])c(NC(=O)COC(=O)CCN2C(=O)[C@@H]3[C@H]4CC[C@@H](C4)[C@@H]3C2=O)c1. The van der Waals surface area contributed by atoms with Crippen molar-refractivity contribution in [2.24, 2.45) is 23.7 Å². The first-order chi connectivity index (χ1) is 15.3. The molecule has 2 aliphatic carbocycles. The molecule has 4 rings (SSSR count). The number of likely N-dealkylation sites (tertiary alicyclic amines) is 1. The zero-order valence-corrected chi connectivity index (χ0v) is 17.4. The van der Waals surface area contributed by atoms with Gasteiger partial charge < -0.3 is 14.8 Å². The third kappa shape index (κ3) is 3.90. The van der Waals surface area contributed by atoms with Crippen molar-refractivity contribution in [3.8, 4) is 5.75 Å². The van der Waals surface area contributed by atoms with Gasteiger partial charge in [0.25, 0.3) is 11.6 Å². The highest BCUT2D eigenvalue weighted by molar-refractivity contribution is 6.06. The number of carbonyl (C=O) groups excluding carboxylic acids is 4. The van der Waals surface area contributed by atoms with Crippen LogP contribution in [0.25, 0.3) is 0 Å². The number of anilines is 1. The first kappa shape index (κ1) is 21.7. The third-order valence-electron chi connectivity index (χ3n) is 6.60. The Balaban J connectivity index is 1.27. The number of rotatable bonds is 8. The topological polar surface area (TPSA) is 145 Å². The monoisotopic (exact) mass is 445 g/mol. The minimum atomic E-state index is -0.769. The molecule has 1 saturated heterocycles. The van der Waals surface area contributed by atoms with E-state index >= 15 is 0 Å². The van der Waals surface area contributed by atoms with Crippen LogP contribution in [0.4, 0.5) is 11.4 Å². The van der Waals surface area contributed by atoms with Crippen LogP contribution in [-0.2, 0) is 23.9 Å². The Morgan fingerprint density at radius 3 is 2.44 bits per heavy atom. The first-order valence-electron chi connectivity index (χ1n) is 10.4. The lowest BCUT2D eigenvalue weighted by atomic mass is 9.81. The van der Waals surface area contributed by atoms with Gasteiger partial charge in [-0.1, -0.05) is 0 Å². The summed E-state index contributed by atoms with van der Waals surface area (Å²) in [5.41, 5.74) is -0.430. The standard InChI is InChI=1S/C21H23N3O8/c1-31-13-4-5-15(24(29)30)14(9-13)22-16(25)10-32-17(26)6-7-23-20(27)18-11-2-3-12(8-11)19(18)21(23)28/h4-5,9,11-12,18-19H,2-3,6-8,10H2,1H3,(H,22,25)/t11-,12-,18-,19+/m0/s1. The number of hydrogen-bond donors (Lipinski definition) is 1. The number of nitro benzene ring substituents is 1. The molecule has 0 radical (unpaired) electrons. The number of amides is 3. The van der Waals surface area contributed by atoms with Crippen molar-refractivity contribution in [3.05, 3.63) is 28.3 Å². The Labute approximate surface area is 183 Å². The molecule has 0 unspecified atom stereocenters. The molecule has 1 aliphatic heterocycles. The summed E-state index contributed by atoms with van der Waals surface area (Å²) in [4.78, 5) is 61.0. The van der Waals surface area contributed by atoms with Crippen LogP contribution in [-0.4, -0.2) is 53.8 Å². The first-order valence-corrected chi connectivity index (χ1v) is 10.4. The molecular weight excluding hydrogens is 422 g/mol. The summed E-state index contributed by atoms with van der Waals surface area (Å²) < 4.78 is 9.90. The van der Waals surface area contributed by atoms with E-state index in [9.17, 15) is 29.3 Å². The molecule has 0 aromatic heterocycles. The average molecular weight is 445 g/mol. The van der Waals surface area contributed by atoms with Gasteiger partial charge in [-0.25, -0.2) is 0 Å². The lowest BCUT2D eigenvalue weighted by molar-refractivity contribution is -0.383. The molecule has 1 N–H and O–H groups in total. The van der Waals surface area contributed by atoms with Gasteiger partial charge in [-0.3, -0.25) is 34.2 Å². The highest BCUT2D eigenvalue weighted by atomic mass is 16.6. The largest absolute Gasteiger partial charge is 0.497 e. The van der Waals surface area contributed by atoms with E-state index in [2.05, 4.69) is 5.32 Å². The minimum absolute atomic E-state index is 0.0775. The fourth-order valence-corrected chi connectivity index (χ4v) is 5.20. The van der Waals surface area contributed by atoms with Crippen molar-refractivity contribution in [3.63, 3.8) is 0 Å². The van der Waals surface area contributed by atoms with E-state index in [1.807, 2.05) is 0 Å². The number of nitro groups is 1. The molecule has 1 aromatic rings. The van der Waals surface area contributed by atoms with Gasteiger partial charge in [0.1, 0.15) is 11.4 Å². The molecular formula is C21H23N3O8. The number of nitrogens with one attached hydrogen (secondary N) is 1. The number of esters is 1. The van der Waals surface area contributed by atoms with E-state index in [1.165, 1.54) is 25.3 Å². The van der Waals surface area contributed by atoms with Crippen LogP contribution in [0.5, 0.6) is 5.75 Å². The van der Waals surface area contributed by atoms with Crippen LogP contribution < -0.4 is 10.1 Å². The zero-order valence-electron chi connectivity index (χ0n) is 17.4. The molecule has 2 saturated carbocycles. The molecule has 11 nitrogen and oxygen atoms in total. The van der Waals surface area contributed by atoms with Gasteiger partial charge in [0, 0.05) is 18.7 Å². The zero-order chi connectivity index (χ0) is 23.0. The van der Waals surface area contributed by atoms with Gasteiger partial charge >= 0.3 is 5.97 Å². The van der Waals surface area contributed by atoms with Gasteiger partial charge in [-0.2, -0.15) is 0 Å². The quantitative estimate of drug-likeness (QED) is 0.274. The number of ether oxygens (including phenoxy) is 2. The number of fused-ring (bicyclic) bond motifs is 5. The van der Waals surface area contributed by atoms with Crippen LogP contribution in [0.15, 0.2) is 18.2 Å². The Morgan fingerprint density at radius 2 is 1.84 bits per heavy atom. The van der Waals surface area contributed by atoms with E-state index in [1.54, 1.807) is 0 Å². The summed E-state index contributed by atoms with van der Waals surface area (Å²) in [5, 5.41) is 13.4. The van der Waals surface area contributed by atoms with Gasteiger partial charge in [0.2, 0.25) is 11.8 Å². The van der Waals surface area contributed by atoms with Crippen LogP contribution in [0, 0.1) is 33.8 Å². The van der Waals surface area contributed by atoms with Gasteiger partial charge in [0.05, 0.1) is 30.3 Å². The summed E-state index contributed by atoms with van der Waals surface area (Å²) in [7, 11) is 1.38. The van der Waals surface area contributed by atoms with Crippen LogP contribution >= 0.6 is 0 Å². The summed E-state index contributed by atoms with van der Waals surface area (Å²) in [6, 6.07) is 3.85. The van der Waals surface area contributed by atoms with Crippen molar-refractivity contribution >= 4 is 35.1 Å². The second kappa shape index (κ2) is 8.56. The lowest BCUT2D eigenvalue weighted by Gasteiger charge is -2.19. The lowest BCUT2D eigenvalue weighted by Crippen LogP contribution is -2.35. The van der Waals surface area contributed by atoms with Crippen molar-refractivity contribution in [2.75, 3.05) is 25.6 Å². The molecule has 3 amide bonds. The molecule has 3 aliphatic rings. The van der Waals surface area contributed by atoms with E-state index in [0.29, 0.717) is 5.75 Å². The number of benzene rings is 1.